The highest BCUT2D eigenvalue weighted by atomic mass is 19.1. The van der Waals surface area contributed by atoms with Crippen LogP contribution in [0.15, 0.2) is 54.7 Å². The molecule has 1 heterocycles. The summed E-state index contributed by atoms with van der Waals surface area (Å²) in [5.74, 6) is 0.824. The van der Waals surface area contributed by atoms with Gasteiger partial charge in [0.05, 0.1) is 11.7 Å². The lowest BCUT2D eigenvalue weighted by molar-refractivity contribution is 0.472. The van der Waals surface area contributed by atoms with E-state index >= 15 is 0 Å². The largest absolute Gasteiger partial charge is 0.455 e. The standard InChI is InChI=1S/C16H13FN2O/c17-13-5-6-16(12(7-13)9-18)20-14-8-11-3-1-2-4-15(11)19-10-14/h1-8,10H,9,18H2. The summed E-state index contributed by atoms with van der Waals surface area (Å²) in [6, 6.07) is 14.0. The Morgan fingerprint density at radius 1 is 1.10 bits per heavy atom. The molecule has 0 saturated heterocycles. The Balaban J connectivity index is 1.96. The van der Waals surface area contributed by atoms with E-state index in [1.165, 1.54) is 12.1 Å². The number of nitrogens with zero attached hydrogens (tertiary/aromatic N) is 1. The first-order valence-corrected chi connectivity index (χ1v) is 6.27. The quantitative estimate of drug-likeness (QED) is 0.789. The van der Waals surface area contributed by atoms with Crippen molar-refractivity contribution < 1.29 is 9.13 Å². The van der Waals surface area contributed by atoms with Crippen LogP contribution in [0.2, 0.25) is 0 Å². The van der Waals surface area contributed by atoms with E-state index in [-0.39, 0.29) is 12.4 Å². The van der Waals surface area contributed by atoms with E-state index in [0.29, 0.717) is 17.1 Å². The Bertz CT molecular complexity index is 758. The van der Waals surface area contributed by atoms with Crippen LogP contribution >= 0.6 is 0 Å². The average molecular weight is 268 g/mol. The molecule has 0 spiro atoms. The van der Waals surface area contributed by atoms with Crippen LogP contribution in [0, 0.1) is 5.82 Å². The molecular formula is C16H13FN2O. The second-order valence-corrected chi connectivity index (χ2v) is 4.42. The Hall–Kier alpha value is -2.46. The fraction of sp³-hybridized carbons (Fsp3) is 0.0625. The highest BCUT2D eigenvalue weighted by Crippen LogP contribution is 2.27. The zero-order valence-electron chi connectivity index (χ0n) is 10.7. The van der Waals surface area contributed by atoms with Gasteiger partial charge in [0.15, 0.2) is 0 Å². The number of para-hydroxylation sites is 1. The smallest absolute Gasteiger partial charge is 0.146 e. The minimum atomic E-state index is -0.325. The summed E-state index contributed by atoms with van der Waals surface area (Å²) in [6.07, 6.45) is 1.64. The van der Waals surface area contributed by atoms with Gasteiger partial charge in [0.1, 0.15) is 17.3 Å². The maximum absolute atomic E-state index is 13.2. The molecule has 3 aromatic rings. The lowest BCUT2D eigenvalue weighted by atomic mass is 10.2. The molecule has 0 radical (unpaired) electrons. The molecule has 0 amide bonds. The molecular weight excluding hydrogens is 255 g/mol. The van der Waals surface area contributed by atoms with E-state index in [9.17, 15) is 4.39 Å². The zero-order valence-corrected chi connectivity index (χ0v) is 10.7. The summed E-state index contributed by atoms with van der Waals surface area (Å²) >= 11 is 0. The van der Waals surface area contributed by atoms with E-state index < -0.39 is 0 Å². The predicted molar refractivity (Wildman–Crippen MR) is 76.1 cm³/mol. The Labute approximate surface area is 115 Å². The van der Waals surface area contributed by atoms with E-state index in [2.05, 4.69) is 4.98 Å². The fourth-order valence-corrected chi connectivity index (χ4v) is 2.04. The van der Waals surface area contributed by atoms with Gasteiger partial charge in [0.25, 0.3) is 0 Å². The number of hydrogen-bond acceptors (Lipinski definition) is 3. The van der Waals surface area contributed by atoms with Crippen molar-refractivity contribution in [3.63, 3.8) is 0 Å². The van der Waals surface area contributed by atoms with Crippen molar-refractivity contribution in [2.45, 2.75) is 6.54 Å². The van der Waals surface area contributed by atoms with Crippen LogP contribution in [-0.4, -0.2) is 4.98 Å². The fourth-order valence-electron chi connectivity index (χ4n) is 2.04. The third-order valence-electron chi connectivity index (χ3n) is 3.04. The van der Waals surface area contributed by atoms with Gasteiger partial charge in [-0.05, 0) is 30.3 Å². The lowest BCUT2D eigenvalue weighted by Gasteiger charge is -2.10. The average Bonchev–Trinajstić information content (AvgIpc) is 2.49. The van der Waals surface area contributed by atoms with Gasteiger partial charge in [-0.1, -0.05) is 18.2 Å². The van der Waals surface area contributed by atoms with E-state index in [0.717, 1.165) is 10.9 Å². The van der Waals surface area contributed by atoms with Crippen molar-refractivity contribution in [2.24, 2.45) is 5.73 Å². The van der Waals surface area contributed by atoms with Crippen molar-refractivity contribution in [1.82, 2.24) is 4.98 Å². The highest BCUT2D eigenvalue weighted by molar-refractivity contribution is 5.79. The third kappa shape index (κ3) is 2.46. The summed E-state index contributed by atoms with van der Waals surface area (Å²) in [7, 11) is 0. The molecule has 3 nitrogen and oxygen atoms in total. The lowest BCUT2D eigenvalue weighted by Crippen LogP contribution is -2.00. The van der Waals surface area contributed by atoms with Crippen LogP contribution in [0.1, 0.15) is 5.56 Å². The molecule has 100 valence electrons. The van der Waals surface area contributed by atoms with Crippen molar-refractivity contribution in [3.8, 4) is 11.5 Å². The summed E-state index contributed by atoms with van der Waals surface area (Å²) in [5.41, 5.74) is 7.13. The molecule has 0 unspecified atom stereocenters. The second-order valence-electron chi connectivity index (χ2n) is 4.42. The molecule has 4 heteroatoms. The van der Waals surface area contributed by atoms with Gasteiger partial charge in [-0.2, -0.15) is 0 Å². The normalized spacial score (nSPS) is 10.7. The van der Waals surface area contributed by atoms with E-state index in [1.807, 2.05) is 30.3 Å². The topological polar surface area (TPSA) is 48.1 Å². The van der Waals surface area contributed by atoms with Crippen LogP contribution in [0.5, 0.6) is 11.5 Å². The number of halogens is 1. The Kier molecular flexibility index (Phi) is 3.31. The first kappa shape index (κ1) is 12.6. The number of rotatable bonds is 3. The summed E-state index contributed by atoms with van der Waals surface area (Å²) in [5, 5.41) is 0.987. The molecule has 2 aromatic carbocycles. The number of benzene rings is 2. The summed E-state index contributed by atoms with van der Waals surface area (Å²) < 4.78 is 18.9. The second kappa shape index (κ2) is 5.27. The molecule has 0 aliphatic heterocycles. The number of aromatic nitrogens is 1. The van der Waals surface area contributed by atoms with Crippen molar-refractivity contribution >= 4 is 10.9 Å². The Morgan fingerprint density at radius 3 is 2.80 bits per heavy atom. The van der Waals surface area contributed by atoms with Crippen molar-refractivity contribution in [3.05, 3.63) is 66.1 Å². The number of fused-ring (bicyclic) bond motifs is 1. The minimum absolute atomic E-state index is 0.216. The van der Waals surface area contributed by atoms with Crippen molar-refractivity contribution in [2.75, 3.05) is 0 Å². The van der Waals surface area contributed by atoms with Crippen LogP contribution in [-0.2, 0) is 6.54 Å². The maximum atomic E-state index is 13.2. The monoisotopic (exact) mass is 268 g/mol. The number of hydrogen-bond donors (Lipinski definition) is 1. The van der Waals surface area contributed by atoms with E-state index in [1.54, 1.807) is 12.3 Å². The minimum Gasteiger partial charge on any atom is -0.455 e. The SMILES string of the molecule is NCc1cc(F)ccc1Oc1cnc2ccccc2c1. The molecule has 0 atom stereocenters. The zero-order chi connectivity index (χ0) is 13.9. The molecule has 0 bridgehead atoms. The number of ether oxygens (including phenoxy) is 1. The summed E-state index contributed by atoms with van der Waals surface area (Å²) in [4.78, 5) is 4.32. The van der Waals surface area contributed by atoms with Gasteiger partial charge >= 0.3 is 0 Å². The highest BCUT2D eigenvalue weighted by Gasteiger charge is 2.06. The van der Waals surface area contributed by atoms with Gasteiger partial charge in [-0.15, -0.1) is 0 Å². The first-order chi connectivity index (χ1) is 9.76. The van der Waals surface area contributed by atoms with Gasteiger partial charge < -0.3 is 10.5 Å². The Morgan fingerprint density at radius 2 is 1.95 bits per heavy atom. The van der Waals surface area contributed by atoms with Crippen LogP contribution in [0.4, 0.5) is 4.39 Å². The molecule has 3 rings (SSSR count). The van der Waals surface area contributed by atoms with Gasteiger partial charge in [-0.25, -0.2) is 4.39 Å². The molecule has 0 aliphatic rings. The van der Waals surface area contributed by atoms with Crippen LogP contribution in [0.25, 0.3) is 10.9 Å². The molecule has 1 aromatic heterocycles. The van der Waals surface area contributed by atoms with Crippen molar-refractivity contribution in [1.29, 1.82) is 0 Å². The molecule has 2 N–H and O–H groups in total. The summed E-state index contributed by atoms with van der Waals surface area (Å²) in [6.45, 7) is 0.216. The third-order valence-corrected chi connectivity index (χ3v) is 3.04. The van der Waals surface area contributed by atoms with Gasteiger partial charge in [0.2, 0.25) is 0 Å². The van der Waals surface area contributed by atoms with Gasteiger partial charge in [-0.3, -0.25) is 4.98 Å². The molecule has 0 aliphatic carbocycles. The molecule has 0 fully saturated rings. The number of nitrogens with two attached hydrogens (primary N) is 1. The molecule has 20 heavy (non-hydrogen) atoms. The van der Waals surface area contributed by atoms with Crippen LogP contribution < -0.4 is 10.5 Å². The van der Waals surface area contributed by atoms with E-state index in [4.69, 9.17) is 10.5 Å². The maximum Gasteiger partial charge on any atom is 0.146 e. The first-order valence-electron chi connectivity index (χ1n) is 6.27. The predicted octanol–water partition coefficient (Wildman–Crippen LogP) is 3.62. The van der Waals surface area contributed by atoms with Crippen LogP contribution in [0.3, 0.4) is 0 Å². The van der Waals surface area contributed by atoms with Gasteiger partial charge in [0, 0.05) is 17.5 Å². The molecule has 0 saturated carbocycles. The number of pyridine rings is 1.